The lowest BCUT2D eigenvalue weighted by Gasteiger charge is -2.18. The maximum atomic E-state index is 13.0. The van der Waals surface area contributed by atoms with Crippen molar-refractivity contribution in [3.05, 3.63) is 47.5 Å². The smallest absolute Gasteiger partial charge is 0.278 e. The van der Waals surface area contributed by atoms with Crippen LogP contribution in [0.5, 0.6) is 0 Å². The number of halogens is 3. The molecule has 1 saturated heterocycles. The van der Waals surface area contributed by atoms with Gasteiger partial charge < -0.3 is 0 Å². The fourth-order valence-electron chi connectivity index (χ4n) is 3.13. The molecular weight excluding hydrogens is 295 g/mol. The van der Waals surface area contributed by atoms with Crippen molar-refractivity contribution in [2.75, 3.05) is 0 Å². The van der Waals surface area contributed by atoms with Crippen LogP contribution in [0.3, 0.4) is 0 Å². The Morgan fingerprint density at radius 1 is 1.00 bits per heavy atom. The molecule has 116 valence electrons. The molecule has 3 rings (SSSR count). The van der Waals surface area contributed by atoms with Crippen LogP contribution in [0.25, 0.3) is 0 Å². The molecule has 1 heterocycles. The summed E-state index contributed by atoms with van der Waals surface area (Å²) in [6.45, 7) is -0.319. The molecule has 1 aliphatic carbocycles. The fourth-order valence-corrected chi connectivity index (χ4v) is 3.13. The van der Waals surface area contributed by atoms with Gasteiger partial charge in [0.25, 0.3) is 0 Å². The molecule has 2 aliphatic rings. The van der Waals surface area contributed by atoms with E-state index in [1.165, 1.54) is 18.2 Å². The number of imide groups is 1. The number of likely N-dealkylation sites (tertiary alicyclic amines) is 1. The van der Waals surface area contributed by atoms with Crippen LogP contribution in [0, 0.1) is 11.8 Å². The number of hydrogen-bond acceptors (Lipinski definition) is 2. The van der Waals surface area contributed by atoms with Crippen LogP contribution >= 0.6 is 0 Å². The Morgan fingerprint density at radius 2 is 1.55 bits per heavy atom. The molecule has 0 N–H and O–H groups in total. The Kier molecular flexibility index (Phi) is 3.54. The second kappa shape index (κ2) is 5.26. The SMILES string of the molecule is O=C1C2CC=CCC2C(=O)N1Cc1ccccc1C(F)(F)F. The average Bonchev–Trinajstić information content (AvgIpc) is 2.72. The lowest BCUT2D eigenvalue weighted by Crippen LogP contribution is -2.31. The molecule has 0 bridgehead atoms. The third-order valence-corrected chi connectivity index (χ3v) is 4.25. The number of amides is 2. The lowest BCUT2D eigenvalue weighted by atomic mass is 9.85. The Balaban J connectivity index is 1.89. The second-order valence-electron chi connectivity index (χ2n) is 5.57. The van der Waals surface area contributed by atoms with Gasteiger partial charge in [0.1, 0.15) is 0 Å². The van der Waals surface area contributed by atoms with E-state index in [0.717, 1.165) is 11.0 Å². The molecule has 0 radical (unpaired) electrons. The highest BCUT2D eigenvalue weighted by Crippen LogP contribution is 2.37. The van der Waals surface area contributed by atoms with Gasteiger partial charge in [-0.05, 0) is 24.5 Å². The molecule has 1 aromatic carbocycles. The molecule has 6 heteroatoms. The number of alkyl halides is 3. The zero-order valence-corrected chi connectivity index (χ0v) is 11.6. The van der Waals surface area contributed by atoms with Crippen molar-refractivity contribution in [1.29, 1.82) is 0 Å². The largest absolute Gasteiger partial charge is 0.416 e. The van der Waals surface area contributed by atoms with Crippen molar-refractivity contribution in [3.8, 4) is 0 Å². The average molecular weight is 309 g/mol. The van der Waals surface area contributed by atoms with Crippen LogP contribution in [0.15, 0.2) is 36.4 Å². The lowest BCUT2D eigenvalue weighted by molar-refractivity contribution is -0.143. The predicted molar refractivity (Wildman–Crippen MR) is 72.4 cm³/mol. The number of benzene rings is 1. The number of carbonyl (C=O) groups excluding carboxylic acids is 2. The molecular formula is C16H14F3NO2. The van der Waals surface area contributed by atoms with Gasteiger partial charge >= 0.3 is 6.18 Å². The normalized spacial score (nSPS) is 24.8. The van der Waals surface area contributed by atoms with Crippen molar-refractivity contribution in [1.82, 2.24) is 4.90 Å². The third kappa shape index (κ3) is 2.42. The summed E-state index contributed by atoms with van der Waals surface area (Å²) in [5.41, 5.74) is -0.855. The van der Waals surface area contributed by atoms with Gasteiger partial charge in [0.05, 0.1) is 23.9 Å². The molecule has 22 heavy (non-hydrogen) atoms. The van der Waals surface area contributed by atoms with E-state index in [1.807, 2.05) is 12.2 Å². The van der Waals surface area contributed by atoms with Crippen molar-refractivity contribution in [3.63, 3.8) is 0 Å². The van der Waals surface area contributed by atoms with Crippen molar-refractivity contribution >= 4 is 11.8 Å². The molecule has 2 atom stereocenters. The quantitative estimate of drug-likeness (QED) is 0.621. The summed E-state index contributed by atoms with van der Waals surface area (Å²) >= 11 is 0. The van der Waals surface area contributed by atoms with Crippen molar-refractivity contribution in [2.24, 2.45) is 11.8 Å². The van der Waals surface area contributed by atoms with Crippen molar-refractivity contribution < 1.29 is 22.8 Å². The van der Waals surface area contributed by atoms with Crippen LogP contribution in [-0.4, -0.2) is 16.7 Å². The molecule has 3 nitrogen and oxygen atoms in total. The summed E-state index contributed by atoms with van der Waals surface area (Å²) in [5, 5.41) is 0. The van der Waals surface area contributed by atoms with E-state index in [0.29, 0.717) is 12.8 Å². The minimum atomic E-state index is -4.50. The minimum Gasteiger partial charge on any atom is -0.278 e. The minimum absolute atomic E-state index is 0.0525. The standard InChI is InChI=1S/C16H14F3NO2/c17-16(18,19)13-8-4-1-5-10(13)9-20-14(21)11-6-2-3-7-12(11)15(20)22/h1-5,8,11-12H,6-7,9H2. The van der Waals surface area contributed by atoms with E-state index in [4.69, 9.17) is 0 Å². The molecule has 0 spiro atoms. The molecule has 2 amide bonds. The molecule has 0 saturated carbocycles. The first-order valence-corrected chi connectivity index (χ1v) is 7.05. The zero-order chi connectivity index (χ0) is 15.9. The highest BCUT2D eigenvalue weighted by molar-refractivity contribution is 6.05. The van der Waals surface area contributed by atoms with Crippen molar-refractivity contribution in [2.45, 2.75) is 25.6 Å². The highest BCUT2D eigenvalue weighted by atomic mass is 19.4. The van der Waals surface area contributed by atoms with Gasteiger partial charge in [0.15, 0.2) is 0 Å². The molecule has 1 fully saturated rings. The van der Waals surface area contributed by atoms with E-state index in [9.17, 15) is 22.8 Å². The van der Waals surface area contributed by atoms with Gasteiger partial charge in [-0.1, -0.05) is 30.4 Å². The first kappa shape index (κ1) is 14.8. The van der Waals surface area contributed by atoms with E-state index in [-0.39, 0.29) is 23.9 Å². The van der Waals surface area contributed by atoms with E-state index in [2.05, 4.69) is 0 Å². The number of rotatable bonds is 2. The zero-order valence-electron chi connectivity index (χ0n) is 11.6. The Morgan fingerprint density at radius 3 is 2.09 bits per heavy atom. The Hall–Kier alpha value is -2.11. The van der Waals surface area contributed by atoms with Gasteiger partial charge in [-0.2, -0.15) is 13.2 Å². The maximum Gasteiger partial charge on any atom is 0.416 e. The summed E-state index contributed by atoms with van der Waals surface area (Å²) in [6, 6.07) is 5.05. The predicted octanol–water partition coefficient (Wildman–Crippen LogP) is 3.16. The van der Waals surface area contributed by atoms with Crippen LogP contribution in [0.4, 0.5) is 13.2 Å². The van der Waals surface area contributed by atoms with Gasteiger partial charge in [-0.3, -0.25) is 14.5 Å². The van der Waals surface area contributed by atoms with Gasteiger partial charge in [0.2, 0.25) is 11.8 Å². The van der Waals surface area contributed by atoms with E-state index >= 15 is 0 Å². The van der Waals surface area contributed by atoms with Gasteiger partial charge in [-0.15, -0.1) is 0 Å². The topological polar surface area (TPSA) is 37.4 Å². The second-order valence-corrected chi connectivity index (χ2v) is 5.57. The summed E-state index contributed by atoms with van der Waals surface area (Å²) in [6.07, 6.45) is 0.148. The summed E-state index contributed by atoms with van der Waals surface area (Å²) in [5.74, 6) is -1.57. The van der Waals surface area contributed by atoms with Crippen LogP contribution in [0.1, 0.15) is 24.0 Å². The first-order chi connectivity index (χ1) is 10.4. The van der Waals surface area contributed by atoms with Crippen LogP contribution in [-0.2, 0) is 22.3 Å². The molecule has 2 unspecified atom stereocenters. The molecule has 1 aliphatic heterocycles. The summed E-state index contributed by atoms with van der Waals surface area (Å²) in [7, 11) is 0. The van der Waals surface area contributed by atoms with Crippen LogP contribution < -0.4 is 0 Å². The number of fused-ring (bicyclic) bond motifs is 1. The maximum absolute atomic E-state index is 13.0. The molecule has 0 aromatic heterocycles. The van der Waals surface area contributed by atoms with Gasteiger partial charge in [-0.25, -0.2) is 0 Å². The third-order valence-electron chi connectivity index (χ3n) is 4.25. The van der Waals surface area contributed by atoms with Gasteiger partial charge in [0, 0.05) is 0 Å². The number of nitrogens with zero attached hydrogens (tertiary/aromatic N) is 1. The first-order valence-electron chi connectivity index (χ1n) is 7.05. The number of hydrogen-bond donors (Lipinski definition) is 0. The highest BCUT2D eigenvalue weighted by Gasteiger charge is 2.47. The number of carbonyl (C=O) groups is 2. The Labute approximate surface area is 125 Å². The monoisotopic (exact) mass is 309 g/mol. The van der Waals surface area contributed by atoms with E-state index < -0.39 is 23.6 Å². The van der Waals surface area contributed by atoms with E-state index in [1.54, 1.807) is 0 Å². The summed E-state index contributed by atoms with van der Waals surface area (Å²) < 4.78 is 39.0. The number of allylic oxidation sites excluding steroid dienone is 2. The summed E-state index contributed by atoms with van der Waals surface area (Å²) in [4.78, 5) is 25.6. The fraction of sp³-hybridized carbons (Fsp3) is 0.375. The Bertz CT molecular complexity index is 625. The van der Waals surface area contributed by atoms with Crippen LogP contribution in [0.2, 0.25) is 0 Å². The molecule has 1 aromatic rings.